The molecule has 0 saturated carbocycles. The molecule has 6 heteroatoms. The molecule has 0 atom stereocenters. The second kappa shape index (κ2) is 6.05. The number of nitrogens with zero attached hydrogens (tertiary/aromatic N) is 3. The van der Waals surface area contributed by atoms with Crippen LogP contribution in [0.2, 0.25) is 0 Å². The highest BCUT2D eigenvalue weighted by molar-refractivity contribution is 5.87. The summed E-state index contributed by atoms with van der Waals surface area (Å²) in [6.07, 6.45) is 1.12. The van der Waals surface area contributed by atoms with E-state index in [9.17, 15) is 9.59 Å². The van der Waals surface area contributed by atoms with E-state index in [0.717, 1.165) is 26.2 Å². The number of piperazine rings is 1. The molecule has 0 unspecified atom stereocenters. The minimum Gasteiger partial charge on any atom is -0.444 e. The number of likely N-dealkylation sites (tertiary alicyclic amines) is 1. The van der Waals surface area contributed by atoms with Crippen molar-refractivity contribution in [3.63, 3.8) is 0 Å². The van der Waals surface area contributed by atoms with E-state index in [-0.39, 0.29) is 12.0 Å². The van der Waals surface area contributed by atoms with Gasteiger partial charge in [0, 0.05) is 45.3 Å². The molecule has 118 valence electrons. The van der Waals surface area contributed by atoms with E-state index >= 15 is 0 Å². The fourth-order valence-electron chi connectivity index (χ4n) is 2.59. The SMILES string of the molecule is C=CC(=O)N1CC(N2CCN(C(=O)OC(C)(C)C)CC2)C1. The van der Waals surface area contributed by atoms with Crippen molar-refractivity contribution in [1.82, 2.24) is 14.7 Å². The molecule has 0 aromatic heterocycles. The molecule has 0 aromatic rings. The number of hydrogen-bond donors (Lipinski definition) is 0. The molecule has 0 spiro atoms. The second-order valence-corrected chi connectivity index (χ2v) is 6.60. The average Bonchev–Trinajstić information content (AvgIpc) is 2.35. The standard InChI is InChI=1S/C15H25N3O3/c1-5-13(19)18-10-12(11-18)16-6-8-17(9-7-16)14(20)21-15(2,3)4/h5,12H,1,6-11H2,2-4H3. The largest absolute Gasteiger partial charge is 0.444 e. The van der Waals surface area contributed by atoms with Crippen LogP contribution in [0, 0.1) is 0 Å². The van der Waals surface area contributed by atoms with Gasteiger partial charge < -0.3 is 14.5 Å². The van der Waals surface area contributed by atoms with Gasteiger partial charge in [-0.2, -0.15) is 0 Å². The van der Waals surface area contributed by atoms with Gasteiger partial charge in [-0.1, -0.05) is 6.58 Å². The maximum atomic E-state index is 12.0. The molecule has 2 aliphatic heterocycles. The van der Waals surface area contributed by atoms with Crippen molar-refractivity contribution in [3.8, 4) is 0 Å². The van der Waals surface area contributed by atoms with Crippen molar-refractivity contribution in [1.29, 1.82) is 0 Å². The molecule has 21 heavy (non-hydrogen) atoms. The zero-order valence-electron chi connectivity index (χ0n) is 13.2. The molecule has 2 amide bonds. The number of ether oxygens (including phenoxy) is 1. The van der Waals surface area contributed by atoms with Crippen LogP contribution < -0.4 is 0 Å². The normalized spacial score (nSPS) is 20.9. The number of rotatable bonds is 2. The summed E-state index contributed by atoms with van der Waals surface area (Å²) >= 11 is 0. The van der Waals surface area contributed by atoms with E-state index in [1.165, 1.54) is 6.08 Å². The van der Waals surface area contributed by atoms with Crippen LogP contribution in [0.25, 0.3) is 0 Å². The molecule has 2 rings (SSSR count). The van der Waals surface area contributed by atoms with Gasteiger partial charge in [-0.25, -0.2) is 4.79 Å². The van der Waals surface area contributed by atoms with Gasteiger partial charge >= 0.3 is 6.09 Å². The van der Waals surface area contributed by atoms with Crippen LogP contribution in [0.1, 0.15) is 20.8 Å². The first kappa shape index (κ1) is 15.8. The van der Waals surface area contributed by atoms with Gasteiger partial charge in [0.05, 0.1) is 0 Å². The zero-order valence-corrected chi connectivity index (χ0v) is 13.2. The number of carbonyl (C=O) groups excluding carboxylic acids is 2. The van der Waals surface area contributed by atoms with Crippen LogP contribution in [-0.2, 0) is 9.53 Å². The molecule has 0 aromatic carbocycles. The summed E-state index contributed by atoms with van der Waals surface area (Å²) in [5.41, 5.74) is -0.451. The van der Waals surface area contributed by atoms with Crippen LogP contribution in [0.4, 0.5) is 4.79 Å². The van der Waals surface area contributed by atoms with Crippen molar-refractivity contribution in [2.24, 2.45) is 0 Å². The molecule has 0 bridgehead atoms. The molecule has 2 fully saturated rings. The first-order valence-electron chi connectivity index (χ1n) is 7.43. The van der Waals surface area contributed by atoms with Crippen molar-refractivity contribution in [2.45, 2.75) is 32.4 Å². The topological polar surface area (TPSA) is 53.1 Å². The third kappa shape index (κ3) is 3.97. The molecular weight excluding hydrogens is 270 g/mol. The van der Waals surface area contributed by atoms with Crippen LogP contribution >= 0.6 is 0 Å². The maximum absolute atomic E-state index is 12.0. The number of hydrogen-bond acceptors (Lipinski definition) is 4. The van der Waals surface area contributed by atoms with Gasteiger partial charge in [-0.05, 0) is 26.8 Å². The Morgan fingerprint density at radius 1 is 1.10 bits per heavy atom. The van der Waals surface area contributed by atoms with Gasteiger partial charge in [-0.15, -0.1) is 0 Å². The molecule has 2 saturated heterocycles. The van der Waals surface area contributed by atoms with E-state index in [1.54, 1.807) is 9.80 Å². The highest BCUT2D eigenvalue weighted by Gasteiger charge is 2.36. The molecule has 0 aliphatic carbocycles. The van der Waals surface area contributed by atoms with E-state index in [4.69, 9.17) is 4.74 Å². The molecular formula is C15H25N3O3. The predicted molar refractivity (Wildman–Crippen MR) is 79.9 cm³/mol. The van der Waals surface area contributed by atoms with Crippen molar-refractivity contribution >= 4 is 12.0 Å². The third-order valence-corrected chi connectivity index (χ3v) is 3.83. The van der Waals surface area contributed by atoms with Crippen molar-refractivity contribution in [2.75, 3.05) is 39.3 Å². The Bertz CT molecular complexity index is 416. The lowest BCUT2D eigenvalue weighted by Gasteiger charge is -2.47. The summed E-state index contributed by atoms with van der Waals surface area (Å²) in [4.78, 5) is 29.3. The minimum absolute atomic E-state index is 0.00126. The lowest BCUT2D eigenvalue weighted by atomic mass is 10.1. The summed E-state index contributed by atoms with van der Waals surface area (Å²) in [5, 5.41) is 0. The van der Waals surface area contributed by atoms with E-state index in [0.29, 0.717) is 19.1 Å². The number of amides is 2. The lowest BCUT2D eigenvalue weighted by molar-refractivity contribution is -0.133. The summed E-state index contributed by atoms with van der Waals surface area (Å²) < 4.78 is 5.38. The van der Waals surface area contributed by atoms with Crippen molar-refractivity contribution < 1.29 is 14.3 Å². The van der Waals surface area contributed by atoms with E-state index in [2.05, 4.69) is 11.5 Å². The second-order valence-electron chi connectivity index (χ2n) is 6.60. The van der Waals surface area contributed by atoms with Crippen molar-refractivity contribution in [3.05, 3.63) is 12.7 Å². The minimum atomic E-state index is -0.451. The Morgan fingerprint density at radius 3 is 2.14 bits per heavy atom. The Kier molecular flexibility index (Phi) is 4.56. The fraction of sp³-hybridized carbons (Fsp3) is 0.733. The quantitative estimate of drug-likeness (QED) is 0.711. The Balaban J connectivity index is 1.73. The Labute approximate surface area is 126 Å². The zero-order chi connectivity index (χ0) is 15.6. The average molecular weight is 295 g/mol. The highest BCUT2D eigenvalue weighted by atomic mass is 16.6. The van der Waals surface area contributed by atoms with Crippen LogP contribution in [0.5, 0.6) is 0 Å². The summed E-state index contributed by atoms with van der Waals surface area (Å²) in [5.74, 6) is -0.00126. The van der Waals surface area contributed by atoms with Crippen LogP contribution in [0.15, 0.2) is 12.7 Å². The Morgan fingerprint density at radius 2 is 1.67 bits per heavy atom. The molecule has 2 heterocycles. The van der Waals surface area contributed by atoms with E-state index in [1.807, 2.05) is 20.8 Å². The van der Waals surface area contributed by atoms with Gasteiger partial charge in [0.2, 0.25) is 5.91 Å². The predicted octanol–water partition coefficient (Wildman–Crippen LogP) is 0.936. The molecule has 0 radical (unpaired) electrons. The molecule has 0 N–H and O–H groups in total. The highest BCUT2D eigenvalue weighted by Crippen LogP contribution is 2.18. The molecule has 6 nitrogen and oxygen atoms in total. The van der Waals surface area contributed by atoms with Gasteiger partial charge in [0.25, 0.3) is 0 Å². The summed E-state index contributed by atoms with van der Waals surface area (Å²) in [6.45, 7) is 13.7. The monoisotopic (exact) mass is 295 g/mol. The van der Waals surface area contributed by atoms with Crippen LogP contribution in [-0.4, -0.2) is 77.6 Å². The Hall–Kier alpha value is -1.56. The van der Waals surface area contributed by atoms with E-state index < -0.39 is 5.60 Å². The van der Waals surface area contributed by atoms with Gasteiger partial charge in [0.1, 0.15) is 5.60 Å². The first-order chi connectivity index (χ1) is 9.80. The smallest absolute Gasteiger partial charge is 0.410 e. The number of carbonyl (C=O) groups is 2. The first-order valence-corrected chi connectivity index (χ1v) is 7.43. The maximum Gasteiger partial charge on any atom is 0.410 e. The van der Waals surface area contributed by atoms with Gasteiger partial charge in [-0.3, -0.25) is 9.69 Å². The summed E-state index contributed by atoms with van der Waals surface area (Å²) in [7, 11) is 0. The summed E-state index contributed by atoms with van der Waals surface area (Å²) in [6, 6.07) is 0.412. The van der Waals surface area contributed by atoms with Gasteiger partial charge in [0.15, 0.2) is 0 Å². The molecule has 2 aliphatic rings. The van der Waals surface area contributed by atoms with Crippen LogP contribution in [0.3, 0.4) is 0 Å². The third-order valence-electron chi connectivity index (χ3n) is 3.83. The fourth-order valence-corrected chi connectivity index (χ4v) is 2.59. The lowest BCUT2D eigenvalue weighted by Crippen LogP contribution is -2.64.